The van der Waals surface area contributed by atoms with E-state index < -0.39 is 11.8 Å². The molecular weight excluding hydrogens is 261 g/mol. The minimum atomic E-state index is -1.25. The number of fused-ring (bicyclic) bond motifs is 1. The third kappa shape index (κ3) is 2.14. The third-order valence-electron chi connectivity index (χ3n) is 4.31. The maximum absolute atomic E-state index is 14.3. The number of aromatic carboxylic acids is 1. The fourth-order valence-electron chi connectivity index (χ4n) is 3.28. The van der Waals surface area contributed by atoms with Crippen molar-refractivity contribution in [3.05, 3.63) is 23.6 Å². The molecule has 6 heteroatoms. The Morgan fingerprint density at radius 1 is 1.50 bits per heavy atom. The Kier molecular flexibility index (Phi) is 3.33. The molecule has 0 radical (unpaired) electrons. The molecule has 5 nitrogen and oxygen atoms in total. The van der Waals surface area contributed by atoms with Gasteiger partial charge in [0.25, 0.3) is 0 Å². The van der Waals surface area contributed by atoms with Crippen molar-refractivity contribution in [2.45, 2.75) is 31.8 Å². The summed E-state index contributed by atoms with van der Waals surface area (Å²) in [4.78, 5) is 19.4. The number of anilines is 1. The molecule has 2 unspecified atom stereocenters. The van der Waals surface area contributed by atoms with Crippen molar-refractivity contribution in [2.75, 3.05) is 24.5 Å². The summed E-state index contributed by atoms with van der Waals surface area (Å²) in [6, 6.07) is 1.77. The Hall–Kier alpha value is -1.69. The van der Waals surface area contributed by atoms with E-state index in [0.29, 0.717) is 12.6 Å². The number of carboxylic acids is 1. The molecule has 0 aromatic carbocycles. The van der Waals surface area contributed by atoms with E-state index in [1.54, 1.807) is 0 Å². The average Bonchev–Trinajstić information content (AvgIpc) is 2.85. The number of nitrogens with zero attached hydrogens (tertiary/aromatic N) is 3. The molecule has 20 heavy (non-hydrogen) atoms. The van der Waals surface area contributed by atoms with Crippen molar-refractivity contribution in [1.29, 1.82) is 0 Å². The first-order valence-electron chi connectivity index (χ1n) is 6.96. The zero-order chi connectivity index (χ0) is 14.3. The van der Waals surface area contributed by atoms with Gasteiger partial charge in [0, 0.05) is 31.4 Å². The lowest BCUT2D eigenvalue weighted by molar-refractivity contribution is 0.0691. The first kappa shape index (κ1) is 13.3. The van der Waals surface area contributed by atoms with Gasteiger partial charge >= 0.3 is 5.97 Å². The van der Waals surface area contributed by atoms with Gasteiger partial charge in [0.05, 0.1) is 0 Å². The standard InChI is InChI=1S/C14H18FN3O2/c1-9-7-17-6-2-3-10(17)8-18(9)13-12(15)11(14(19)20)4-5-16-13/h4-5,9-10H,2-3,6-8H2,1H3,(H,19,20). The first-order chi connectivity index (χ1) is 9.58. The molecule has 2 fully saturated rings. The minimum Gasteiger partial charge on any atom is -0.478 e. The molecule has 0 spiro atoms. The molecule has 0 amide bonds. The molecule has 3 rings (SSSR count). The summed E-state index contributed by atoms with van der Waals surface area (Å²) < 4.78 is 14.3. The Balaban J connectivity index is 1.92. The van der Waals surface area contributed by atoms with Crippen LogP contribution in [0.25, 0.3) is 0 Å². The second kappa shape index (κ2) is 5.01. The lowest BCUT2D eigenvalue weighted by Crippen LogP contribution is -2.55. The highest BCUT2D eigenvalue weighted by molar-refractivity contribution is 5.88. The van der Waals surface area contributed by atoms with Gasteiger partial charge in [0.2, 0.25) is 0 Å². The Morgan fingerprint density at radius 2 is 2.30 bits per heavy atom. The summed E-state index contributed by atoms with van der Waals surface area (Å²) >= 11 is 0. The molecule has 2 saturated heterocycles. The number of rotatable bonds is 2. The molecule has 1 aromatic rings. The molecule has 0 bridgehead atoms. The normalized spacial score (nSPS) is 26.6. The van der Waals surface area contributed by atoms with Crippen LogP contribution in [0.4, 0.5) is 10.2 Å². The fraction of sp³-hybridized carbons (Fsp3) is 0.571. The zero-order valence-corrected chi connectivity index (χ0v) is 11.4. The van der Waals surface area contributed by atoms with Crippen LogP contribution < -0.4 is 4.90 Å². The van der Waals surface area contributed by atoms with Gasteiger partial charge in [-0.2, -0.15) is 0 Å². The summed E-state index contributed by atoms with van der Waals surface area (Å²) in [5, 5.41) is 9.01. The van der Waals surface area contributed by atoms with Crippen LogP contribution in [0.1, 0.15) is 30.1 Å². The van der Waals surface area contributed by atoms with E-state index in [1.807, 2.05) is 11.8 Å². The Bertz CT molecular complexity index is 537. The smallest absolute Gasteiger partial charge is 0.338 e. The summed E-state index contributed by atoms with van der Waals surface area (Å²) in [7, 11) is 0. The highest BCUT2D eigenvalue weighted by Gasteiger charge is 2.36. The zero-order valence-electron chi connectivity index (χ0n) is 11.4. The van der Waals surface area contributed by atoms with Gasteiger partial charge in [-0.15, -0.1) is 0 Å². The fourth-order valence-corrected chi connectivity index (χ4v) is 3.28. The van der Waals surface area contributed by atoms with Crippen molar-refractivity contribution in [1.82, 2.24) is 9.88 Å². The van der Waals surface area contributed by atoms with E-state index in [9.17, 15) is 9.18 Å². The second-order valence-electron chi connectivity index (χ2n) is 5.59. The summed E-state index contributed by atoms with van der Waals surface area (Å²) in [6.45, 7) is 4.73. The van der Waals surface area contributed by atoms with E-state index >= 15 is 0 Å². The van der Waals surface area contributed by atoms with Crippen molar-refractivity contribution in [2.24, 2.45) is 0 Å². The van der Waals surface area contributed by atoms with Crippen LogP contribution in [0.2, 0.25) is 0 Å². The molecule has 0 aliphatic carbocycles. The van der Waals surface area contributed by atoms with E-state index in [1.165, 1.54) is 18.7 Å². The number of aromatic nitrogens is 1. The lowest BCUT2D eigenvalue weighted by atomic mass is 10.1. The molecule has 0 saturated carbocycles. The van der Waals surface area contributed by atoms with Gasteiger partial charge in [0.15, 0.2) is 11.6 Å². The SMILES string of the molecule is CC1CN2CCCC2CN1c1nccc(C(=O)O)c1F. The van der Waals surface area contributed by atoms with E-state index in [2.05, 4.69) is 9.88 Å². The van der Waals surface area contributed by atoms with Gasteiger partial charge in [-0.1, -0.05) is 0 Å². The predicted molar refractivity (Wildman–Crippen MR) is 72.6 cm³/mol. The van der Waals surface area contributed by atoms with Crippen molar-refractivity contribution < 1.29 is 14.3 Å². The van der Waals surface area contributed by atoms with Crippen LogP contribution in [0, 0.1) is 5.82 Å². The van der Waals surface area contributed by atoms with E-state index in [4.69, 9.17) is 5.11 Å². The Labute approximate surface area is 117 Å². The number of piperazine rings is 1. The second-order valence-corrected chi connectivity index (χ2v) is 5.59. The summed E-state index contributed by atoms with van der Waals surface area (Å²) in [6.07, 6.45) is 3.66. The minimum absolute atomic E-state index is 0.135. The lowest BCUT2D eigenvalue weighted by Gasteiger charge is -2.43. The van der Waals surface area contributed by atoms with Crippen molar-refractivity contribution >= 4 is 11.8 Å². The third-order valence-corrected chi connectivity index (χ3v) is 4.31. The monoisotopic (exact) mass is 279 g/mol. The molecule has 2 aliphatic heterocycles. The topological polar surface area (TPSA) is 56.7 Å². The summed E-state index contributed by atoms with van der Waals surface area (Å²) in [5.41, 5.74) is -0.309. The largest absolute Gasteiger partial charge is 0.478 e. The molecule has 1 aromatic heterocycles. The highest BCUT2D eigenvalue weighted by Crippen LogP contribution is 2.29. The molecule has 3 heterocycles. The van der Waals surface area contributed by atoms with Crippen LogP contribution in [-0.2, 0) is 0 Å². The highest BCUT2D eigenvalue weighted by atomic mass is 19.1. The van der Waals surface area contributed by atoms with Crippen LogP contribution in [-0.4, -0.2) is 52.7 Å². The van der Waals surface area contributed by atoms with Crippen molar-refractivity contribution in [3.63, 3.8) is 0 Å². The molecule has 1 N–H and O–H groups in total. The maximum Gasteiger partial charge on any atom is 0.338 e. The summed E-state index contributed by atoms with van der Waals surface area (Å²) in [5.74, 6) is -1.81. The van der Waals surface area contributed by atoms with Gasteiger partial charge in [0.1, 0.15) is 5.56 Å². The predicted octanol–water partition coefficient (Wildman–Crippen LogP) is 1.59. The van der Waals surface area contributed by atoms with Crippen LogP contribution >= 0.6 is 0 Å². The number of hydrogen-bond donors (Lipinski definition) is 1. The number of pyridine rings is 1. The Morgan fingerprint density at radius 3 is 3.05 bits per heavy atom. The molecule has 2 aliphatic rings. The van der Waals surface area contributed by atoms with Crippen molar-refractivity contribution in [3.8, 4) is 0 Å². The van der Waals surface area contributed by atoms with Gasteiger partial charge in [-0.05, 0) is 32.4 Å². The first-order valence-corrected chi connectivity index (χ1v) is 6.96. The number of halogens is 1. The van der Waals surface area contributed by atoms with Crippen LogP contribution in [0.15, 0.2) is 12.3 Å². The molecular formula is C14H18FN3O2. The van der Waals surface area contributed by atoms with E-state index in [-0.39, 0.29) is 17.4 Å². The quantitative estimate of drug-likeness (QED) is 0.891. The number of hydrogen-bond acceptors (Lipinski definition) is 4. The van der Waals surface area contributed by atoms with Gasteiger partial charge in [-0.3, -0.25) is 4.90 Å². The molecule has 108 valence electrons. The maximum atomic E-state index is 14.3. The van der Waals surface area contributed by atoms with E-state index in [0.717, 1.165) is 19.5 Å². The number of carboxylic acid groups (broad SMARTS) is 1. The number of carbonyl (C=O) groups is 1. The average molecular weight is 279 g/mol. The van der Waals surface area contributed by atoms with Gasteiger partial charge in [-0.25, -0.2) is 14.2 Å². The van der Waals surface area contributed by atoms with Crippen LogP contribution in [0.5, 0.6) is 0 Å². The molecule has 2 atom stereocenters. The van der Waals surface area contributed by atoms with Crippen LogP contribution in [0.3, 0.4) is 0 Å². The van der Waals surface area contributed by atoms with Gasteiger partial charge < -0.3 is 10.0 Å².